The Kier molecular flexibility index (Phi) is 9.15. The van der Waals surface area contributed by atoms with E-state index in [2.05, 4.69) is 6.58 Å². The number of hydrogen-bond donors (Lipinski definition) is 1. The predicted octanol–water partition coefficient (Wildman–Crippen LogP) is 6.59. The van der Waals surface area contributed by atoms with Gasteiger partial charge in [-0.3, -0.25) is 4.79 Å². The molecular weight excluding hydrogens is 513 g/mol. The molecule has 0 radical (unpaired) electrons. The average Bonchev–Trinajstić information content (AvgIpc) is 3.13. The van der Waals surface area contributed by atoms with Gasteiger partial charge >= 0.3 is 5.97 Å². The van der Waals surface area contributed by atoms with Crippen molar-refractivity contribution in [2.75, 3.05) is 5.75 Å². The highest BCUT2D eigenvalue weighted by atomic mass is 35.5. The van der Waals surface area contributed by atoms with E-state index in [1.54, 1.807) is 48.5 Å². The van der Waals surface area contributed by atoms with E-state index in [0.29, 0.717) is 22.8 Å². The Labute approximate surface area is 216 Å². The number of thioether (sulfide) groups is 1. The third-order valence-electron chi connectivity index (χ3n) is 6.10. The van der Waals surface area contributed by atoms with Crippen LogP contribution in [0.15, 0.2) is 60.0 Å². The second kappa shape index (κ2) is 11.5. The average molecular weight is 543 g/mol. The van der Waals surface area contributed by atoms with Gasteiger partial charge in [-0.1, -0.05) is 72.8 Å². The number of rotatable bonds is 10. The second-order valence-electron chi connectivity index (χ2n) is 8.43. The van der Waals surface area contributed by atoms with Gasteiger partial charge in [0.25, 0.3) is 0 Å². The van der Waals surface area contributed by atoms with E-state index in [9.17, 15) is 18.3 Å². The maximum atomic E-state index is 14.1. The van der Waals surface area contributed by atoms with Crippen molar-refractivity contribution < 1.29 is 18.3 Å². The van der Waals surface area contributed by atoms with Crippen LogP contribution in [0.1, 0.15) is 43.4 Å². The molecular formula is C25H29Cl2NO4S2. The molecule has 0 spiro atoms. The number of sulfonamides is 1. The fourth-order valence-electron chi connectivity index (χ4n) is 4.51. The van der Waals surface area contributed by atoms with Gasteiger partial charge in [0, 0.05) is 17.0 Å². The van der Waals surface area contributed by atoms with Crippen molar-refractivity contribution >= 4 is 51.0 Å². The maximum absolute atomic E-state index is 14.1. The van der Waals surface area contributed by atoms with Crippen LogP contribution in [0.5, 0.6) is 0 Å². The number of carbonyl (C=O) groups is 1. The Balaban J connectivity index is 2.26. The maximum Gasteiger partial charge on any atom is 0.309 e. The lowest BCUT2D eigenvalue weighted by Crippen LogP contribution is -2.40. The third kappa shape index (κ3) is 5.49. The lowest BCUT2D eigenvalue weighted by atomic mass is 9.92. The molecule has 1 N–H and O–H groups in total. The number of halogens is 2. The molecule has 1 fully saturated rings. The number of aliphatic carboxylic acids is 1. The first kappa shape index (κ1) is 27.1. The molecule has 1 heterocycles. The van der Waals surface area contributed by atoms with Gasteiger partial charge in [0.2, 0.25) is 10.0 Å². The summed E-state index contributed by atoms with van der Waals surface area (Å²) in [6, 6.07) is 10.1. The highest BCUT2D eigenvalue weighted by Gasteiger charge is 2.57. The van der Waals surface area contributed by atoms with Gasteiger partial charge in [-0.25, -0.2) is 8.42 Å². The zero-order valence-corrected chi connectivity index (χ0v) is 22.3. The van der Waals surface area contributed by atoms with Crippen LogP contribution in [-0.2, 0) is 14.8 Å². The highest BCUT2D eigenvalue weighted by molar-refractivity contribution is 8.00. The van der Waals surface area contributed by atoms with Gasteiger partial charge in [0.05, 0.1) is 26.9 Å². The van der Waals surface area contributed by atoms with Crippen LogP contribution in [0.2, 0.25) is 10.0 Å². The van der Waals surface area contributed by atoms with Gasteiger partial charge in [0.1, 0.15) is 0 Å². The van der Waals surface area contributed by atoms with Gasteiger partial charge in [-0.2, -0.15) is 16.1 Å². The summed E-state index contributed by atoms with van der Waals surface area (Å²) in [5.74, 6) is -1.49. The summed E-state index contributed by atoms with van der Waals surface area (Å²) in [5, 5.41) is 10.5. The number of carboxylic acids is 1. The van der Waals surface area contributed by atoms with E-state index < -0.39 is 39.2 Å². The van der Waals surface area contributed by atoms with Crippen LogP contribution in [0.25, 0.3) is 0 Å². The number of carboxylic acid groups (broad SMARTS) is 1. The van der Waals surface area contributed by atoms with Gasteiger partial charge in [-0.15, -0.1) is 6.58 Å². The summed E-state index contributed by atoms with van der Waals surface area (Å²) in [7, 11) is -4.02. The summed E-state index contributed by atoms with van der Waals surface area (Å²) in [6.45, 7) is 7.69. The smallest absolute Gasteiger partial charge is 0.309 e. The minimum absolute atomic E-state index is 0.142. The van der Waals surface area contributed by atoms with Crippen molar-refractivity contribution in [1.29, 1.82) is 0 Å². The Morgan fingerprint density at radius 1 is 1.18 bits per heavy atom. The van der Waals surface area contributed by atoms with Gasteiger partial charge in [0.15, 0.2) is 0 Å². The van der Waals surface area contributed by atoms with Gasteiger partial charge in [-0.05, 0) is 43.2 Å². The topological polar surface area (TPSA) is 74.7 Å². The van der Waals surface area contributed by atoms with Crippen LogP contribution < -0.4 is 0 Å². The zero-order valence-electron chi connectivity index (χ0n) is 19.2. The number of benzene rings is 2. The normalized spacial score (nSPS) is 23.2. The lowest BCUT2D eigenvalue weighted by molar-refractivity contribution is -0.142. The van der Waals surface area contributed by atoms with Crippen molar-refractivity contribution in [2.24, 2.45) is 5.92 Å². The molecule has 184 valence electrons. The molecule has 9 heteroatoms. The van der Waals surface area contributed by atoms with E-state index in [0.717, 1.165) is 18.4 Å². The molecule has 34 heavy (non-hydrogen) atoms. The van der Waals surface area contributed by atoms with E-state index in [1.165, 1.54) is 16.1 Å². The van der Waals surface area contributed by atoms with Crippen molar-refractivity contribution in [3.05, 3.63) is 76.3 Å². The summed E-state index contributed by atoms with van der Waals surface area (Å²) < 4.78 is 29.6. The molecule has 0 saturated carbocycles. The first-order valence-corrected chi connectivity index (χ1v) is 14.4. The molecule has 0 aromatic heterocycles. The Morgan fingerprint density at radius 3 is 2.41 bits per heavy atom. The fourth-order valence-corrected chi connectivity index (χ4v) is 8.09. The molecule has 1 aliphatic heterocycles. The molecule has 2 aromatic rings. The Hall–Kier alpha value is -1.51. The lowest BCUT2D eigenvalue weighted by Gasteiger charge is -2.31. The van der Waals surface area contributed by atoms with E-state index in [1.807, 2.05) is 13.8 Å². The molecule has 2 aromatic carbocycles. The quantitative estimate of drug-likeness (QED) is 0.343. The van der Waals surface area contributed by atoms with Crippen molar-refractivity contribution in [2.45, 2.75) is 55.3 Å². The van der Waals surface area contributed by atoms with Crippen LogP contribution >= 0.6 is 35.0 Å². The Bertz CT molecular complexity index is 1140. The summed E-state index contributed by atoms with van der Waals surface area (Å²) in [5.41, 5.74) is 1.45. The van der Waals surface area contributed by atoms with Crippen molar-refractivity contribution in [3.8, 4) is 0 Å². The number of aryl methyl sites for hydroxylation is 1. The predicted molar refractivity (Wildman–Crippen MR) is 140 cm³/mol. The molecule has 0 amide bonds. The molecule has 0 aliphatic carbocycles. The van der Waals surface area contributed by atoms with E-state index in [4.69, 9.17) is 23.2 Å². The largest absolute Gasteiger partial charge is 0.481 e. The molecule has 2 unspecified atom stereocenters. The first-order valence-electron chi connectivity index (χ1n) is 11.1. The van der Waals surface area contributed by atoms with E-state index in [-0.39, 0.29) is 9.92 Å². The molecule has 1 saturated heterocycles. The van der Waals surface area contributed by atoms with Crippen LogP contribution in [0, 0.1) is 12.8 Å². The minimum atomic E-state index is -4.02. The van der Waals surface area contributed by atoms with Crippen LogP contribution in [0.3, 0.4) is 0 Å². The molecule has 1 aliphatic rings. The summed E-state index contributed by atoms with van der Waals surface area (Å²) in [6.07, 6.45) is 3.91. The summed E-state index contributed by atoms with van der Waals surface area (Å²) in [4.78, 5) is 12.8. The zero-order chi connectivity index (χ0) is 25.0. The van der Waals surface area contributed by atoms with Crippen LogP contribution in [0.4, 0.5) is 0 Å². The number of unbranched alkanes of at least 4 members (excludes halogenated alkanes) is 1. The molecule has 4 atom stereocenters. The fraction of sp³-hybridized carbons (Fsp3) is 0.400. The van der Waals surface area contributed by atoms with Crippen molar-refractivity contribution in [1.82, 2.24) is 4.31 Å². The highest BCUT2D eigenvalue weighted by Crippen LogP contribution is 2.51. The minimum Gasteiger partial charge on any atom is -0.481 e. The third-order valence-corrected chi connectivity index (χ3v) is 10.2. The molecule has 5 nitrogen and oxygen atoms in total. The van der Waals surface area contributed by atoms with Crippen LogP contribution in [-0.4, -0.2) is 40.8 Å². The second-order valence-corrected chi connectivity index (χ2v) is 12.3. The van der Waals surface area contributed by atoms with Gasteiger partial charge < -0.3 is 5.11 Å². The van der Waals surface area contributed by atoms with Crippen molar-refractivity contribution in [3.63, 3.8) is 0 Å². The first-order chi connectivity index (χ1) is 16.1. The molecule has 0 bridgehead atoms. The van der Waals surface area contributed by atoms with E-state index >= 15 is 0 Å². The molecule has 3 rings (SSSR count). The standard InChI is InChI=1S/C25H29Cl2NO4S2/c1-4-6-7-21-24(33-14-5-2)22(25(29)30)23(17-10-13-19(26)20(27)15-17)28(21)34(31,32)18-11-8-16(3)9-12-18/h5,8-13,15,21-24H,2,4,6-7,14H2,1,3H3,(H,29,30)/t21?,22-,23?,24+/m0/s1. The monoisotopic (exact) mass is 541 g/mol. The number of nitrogens with zero attached hydrogens (tertiary/aromatic N) is 1. The Morgan fingerprint density at radius 2 is 1.85 bits per heavy atom. The number of hydrogen-bond acceptors (Lipinski definition) is 4. The summed E-state index contributed by atoms with van der Waals surface area (Å²) >= 11 is 13.9. The SMILES string of the molecule is C=CCS[C@@H]1C(CCCC)N(S(=O)(=O)c2ccc(C)cc2)C(c2ccc(Cl)c(Cl)c2)[C@@H]1C(=O)O.